The van der Waals surface area contributed by atoms with Crippen molar-refractivity contribution in [2.45, 2.75) is 25.3 Å². The molecule has 1 aromatic heterocycles. The van der Waals surface area contributed by atoms with Gasteiger partial charge in [-0.05, 0) is 25.8 Å². The van der Waals surface area contributed by atoms with Gasteiger partial charge >= 0.3 is 0 Å². The largest absolute Gasteiger partial charge is 0.332 e. The van der Waals surface area contributed by atoms with Gasteiger partial charge in [-0.2, -0.15) is 0 Å². The zero-order valence-electron chi connectivity index (χ0n) is 11.0. The van der Waals surface area contributed by atoms with Crippen LogP contribution in [0.15, 0.2) is 35.5 Å². The van der Waals surface area contributed by atoms with Gasteiger partial charge in [0.1, 0.15) is 5.82 Å². The van der Waals surface area contributed by atoms with Gasteiger partial charge < -0.3 is 4.98 Å². The van der Waals surface area contributed by atoms with Gasteiger partial charge in [-0.25, -0.2) is 18.1 Å². The standard InChI is InChI=1S/C13H17N3O2S/c1-10-4-3-5-12(8-10)6-7-15-19(17,18)13-9-14-11(2)16-13/h3-5,8-9,15H,6-7H2,1-2H3,(H,14,16). The molecule has 2 rings (SSSR count). The van der Waals surface area contributed by atoms with Gasteiger partial charge in [0.2, 0.25) is 0 Å². The molecule has 0 atom stereocenters. The number of hydrogen-bond donors (Lipinski definition) is 2. The predicted molar refractivity (Wildman–Crippen MR) is 73.4 cm³/mol. The number of H-pyrrole nitrogens is 1. The van der Waals surface area contributed by atoms with Crippen LogP contribution in [-0.4, -0.2) is 24.9 Å². The average molecular weight is 279 g/mol. The zero-order valence-corrected chi connectivity index (χ0v) is 11.8. The number of nitrogens with one attached hydrogen (secondary N) is 2. The molecule has 0 amide bonds. The summed E-state index contributed by atoms with van der Waals surface area (Å²) in [5.74, 6) is 0.582. The lowest BCUT2D eigenvalue weighted by Gasteiger charge is -2.05. The summed E-state index contributed by atoms with van der Waals surface area (Å²) in [6, 6.07) is 8.02. The fourth-order valence-electron chi connectivity index (χ4n) is 1.81. The number of aryl methyl sites for hydroxylation is 2. The lowest BCUT2D eigenvalue weighted by atomic mass is 10.1. The van der Waals surface area contributed by atoms with Crippen LogP contribution in [0.5, 0.6) is 0 Å². The van der Waals surface area contributed by atoms with Crippen molar-refractivity contribution in [1.29, 1.82) is 0 Å². The fourth-order valence-corrected chi connectivity index (χ4v) is 2.81. The first-order valence-electron chi connectivity index (χ1n) is 6.04. The van der Waals surface area contributed by atoms with Crippen LogP contribution < -0.4 is 4.72 Å². The minimum atomic E-state index is -3.49. The van der Waals surface area contributed by atoms with Crippen LogP contribution in [0.3, 0.4) is 0 Å². The molecule has 0 unspecified atom stereocenters. The van der Waals surface area contributed by atoms with E-state index < -0.39 is 10.0 Å². The number of rotatable bonds is 5. The molecule has 0 saturated heterocycles. The van der Waals surface area contributed by atoms with Crippen LogP contribution >= 0.6 is 0 Å². The Bertz CT molecular complexity index is 662. The van der Waals surface area contributed by atoms with Crippen molar-refractivity contribution < 1.29 is 8.42 Å². The molecule has 2 N–H and O–H groups in total. The van der Waals surface area contributed by atoms with Crippen molar-refractivity contribution in [3.63, 3.8) is 0 Å². The summed E-state index contributed by atoms with van der Waals surface area (Å²) in [5, 5.41) is 0.106. The van der Waals surface area contributed by atoms with Gasteiger partial charge in [-0.3, -0.25) is 0 Å². The van der Waals surface area contributed by atoms with Crippen LogP contribution in [0.4, 0.5) is 0 Å². The third-order valence-corrected chi connectivity index (χ3v) is 4.13. The molecule has 0 spiro atoms. The summed E-state index contributed by atoms with van der Waals surface area (Å²) in [4.78, 5) is 6.60. The quantitative estimate of drug-likeness (QED) is 0.872. The molecule has 0 aliphatic heterocycles. The van der Waals surface area contributed by atoms with E-state index in [2.05, 4.69) is 20.8 Å². The van der Waals surface area contributed by atoms with E-state index in [9.17, 15) is 8.42 Å². The average Bonchev–Trinajstić information content (AvgIpc) is 2.76. The van der Waals surface area contributed by atoms with E-state index >= 15 is 0 Å². The van der Waals surface area contributed by atoms with E-state index in [0.717, 1.165) is 5.56 Å². The monoisotopic (exact) mass is 279 g/mol. The highest BCUT2D eigenvalue weighted by Gasteiger charge is 2.15. The van der Waals surface area contributed by atoms with Gasteiger partial charge in [0.05, 0.1) is 6.20 Å². The molecule has 1 heterocycles. The molecule has 0 radical (unpaired) electrons. The Morgan fingerprint density at radius 2 is 2.11 bits per heavy atom. The number of benzene rings is 1. The maximum atomic E-state index is 11.9. The summed E-state index contributed by atoms with van der Waals surface area (Å²) in [5.41, 5.74) is 2.29. The number of sulfonamides is 1. The maximum Gasteiger partial charge on any atom is 0.257 e. The van der Waals surface area contributed by atoms with E-state index in [0.29, 0.717) is 18.8 Å². The molecule has 19 heavy (non-hydrogen) atoms. The first-order chi connectivity index (χ1) is 8.97. The van der Waals surface area contributed by atoms with Crippen molar-refractivity contribution in [2.75, 3.05) is 6.54 Å². The van der Waals surface area contributed by atoms with E-state index in [4.69, 9.17) is 0 Å². The van der Waals surface area contributed by atoms with E-state index in [-0.39, 0.29) is 5.03 Å². The second-order valence-electron chi connectivity index (χ2n) is 4.47. The topological polar surface area (TPSA) is 74.8 Å². The Labute approximate surface area is 113 Å². The highest BCUT2D eigenvalue weighted by Crippen LogP contribution is 2.06. The lowest BCUT2D eigenvalue weighted by Crippen LogP contribution is -2.26. The Hall–Kier alpha value is -1.66. The first kappa shape index (κ1) is 13.8. The predicted octanol–water partition coefficient (Wildman–Crippen LogP) is 1.55. The smallest absolute Gasteiger partial charge is 0.257 e. The van der Waals surface area contributed by atoms with Gasteiger partial charge in [0, 0.05) is 6.54 Å². The Kier molecular flexibility index (Phi) is 4.01. The van der Waals surface area contributed by atoms with E-state index in [1.807, 2.05) is 25.1 Å². The van der Waals surface area contributed by atoms with Crippen molar-refractivity contribution in [1.82, 2.24) is 14.7 Å². The van der Waals surface area contributed by atoms with Gasteiger partial charge in [0.25, 0.3) is 10.0 Å². The van der Waals surface area contributed by atoms with Crippen molar-refractivity contribution in [3.8, 4) is 0 Å². The second kappa shape index (κ2) is 5.54. The number of aromatic amines is 1. The van der Waals surface area contributed by atoms with Crippen LogP contribution in [0.1, 0.15) is 17.0 Å². The molecule has 5 nitrogen and oxygen atoms in total. The number of imidazole rings is 1. The van der Waals surface area contributed by atoms with E-state index in [1.165, 1.54) is 11.8 Å². The Balaban J connectivity index is 1.96. The van der Waals surface area contributed by atoms with Gasteiger partial charge in [0.15, 0.2) is 5.03 Å². The molecule has 0 saturated carbocycles. The molecular weight excluding hydrogens is 262 g/mol. The first-order valence-corrected chi connectivity index (χ1v) is 7.52. The summed E-state index contributed by atoms with van der Waals surface area (Å²) >= 11 is 0. The number of nitrogens with zero attached hydrogens (tertiary/aromatic N) is 1. The van der Waals surface area contributed by atoms with Crippen LogP contribution in [0.2, 0.25) is 0 Å². The summed E-state index contributed by atoms with van der Waals surface area (Å²) in [6.45, 7) is 4.09. The molecule has 102 valence electrons. The molecule has 0 aliphatic carbocycles. The highest BCUT2D eigenvalue weighted by atomic mass is 32.2. The summed E-state index contributed by atoms with van der Waals surface area (Å²) in [6.07, 6.45) is 1.98. The molecule has 0 bridgehead atoms. The third-order valence-electron chi connectivity index (χ3n) is 2.76. The maximum absolute atomic E-state index is 11.9. The molecule has 6 heteroatoms. The van der Waals surface area contributed by atoms with Gasteiger partial charge in [-0.1, -0.05) is 29.8 Å². The van der Waals surface area contributed by atoms with Crippen molar-refractivity contribution in [3.05, 3.63) is 47.4 Å². The third kappa shape index (κ3) is 3.65. The minimum absolute atomic E-state index is 0.106. The van der Waals surface area contributed by atoms with Crippen LogP contribution in [0.25, 0.3) is 0 Å². The molecule has 1 aromatic carbocycles. The Morgan fingerprint density at radius 1 is 1.32 bits per heavy atom. The van der Waals surface area contributed by atoms with Crippen molar-refractivity contribution in [2.24, 2.45) is 0 Å². The highest BCUT2D eigenvalue weighted by molar-refractivity contribution is 7.89. The normalized spacial score (nSPS) is 11.7. The molecule has 2 aromatic rings. The second-order valence-corrected chi connectivity index (χ2v) is 6.21. The van der Waals surface area contributed by atoms with Crippen LogP contribution in [-0.2, 0) is 16.4 Å². The van der Waals surface area contributed by atoms with Crippen LogP contribution in [0, 0.1) is 13.8 Å². The fraction of sp³-hybridized carbons (Fsp3) is 0.308. The van der Waals surface area contributed by atoms with Gasteiger partial charge in [-0.15, -0.1) is 0 Å². The number of hydrogen-bond acceptors (Lipinski definition) is 3. The number of aromatic nitrogens is 2. The summed E-state index contributed by atoms with van der Waals surface area (Å²) in [7, 11) is -3.49. The molecule has 0 fully saturated rings. The SMILES string of the molecule is Cc1cccc(CCNS(=O)(=O)c2cnc(C)[nH]2)c1. The lowest BCUT2D eigenvalue weighted by molar-refractivity contribution is 0.578. The zero-order chi connectivity index (χ0) is 13.9. The summed E-state index contributed by atoms with van der Waals surface area (Å²) < 4.78 is 26.4. The van der Waals surface area contributed by atoms with E-state index in [1.54, 1.807) is 6.92 Å². The molecular formula is C13H17N3O2S. The molecule has 0 aliphatic rings. The minimum Gasteiger partial charge on any atom is -0.332 e. The Morgan fingerprint density at radius 3 is 2.74 bits per heavy atom. The van der Waals surface area contributed by atoms with Crippen molar-refractivity contribution >= 4 is 10.0 Å².